The van der Waals surface area contributed by atoms with Crippen LogP contribution in [0.25, 0.3) is 0 Å². The van der Waals surface area contributed by atoms with Gasteiger partial charge in [0.05, 0.1) is 6.54 Å². The lowest BCUT2D eigenvalue weighted by molar-refractivity contribution is -0.121. The maximum atomic E-state index is 13.6. The highest BCUT2D eigenvalue weighted by molar-refractivity contribution is 6.06. The van der Waals surface area contributed by atoms with Crippen molar-refractivity contribution in [2.24, 2.45) is 5.92 Å². The van der Waals surface area contributed by atoms with Crippen LogP contribution in [-0.2, 0) is 9.59 Å². The summed E-state index contributed by atoms with van der Waals surface area (Å²) < 4.78 is 0. The van der Waals surface area contributed by atoms with Crippen molar-refractivity contribution in [3.05, 3.63) is 102 Å². The molecule has 0 aromatic heterocycles. The number of carbonyl (C=O) groups is 2. The first-order chi connectivity index (χ1) is 19.5. The van der Waals surface area contributed by atoms with Gasteiger partial charge in [-0.15, -0.1) is 0 Å². The fourth-order valence-corrected chi connectivity index (χ4v) is 4.66. The van der Waals surface area contributed by atoms with Gasteiger partial charge in [-0.05, 0) is 55.7 Å². The zero-order valence-electron chi connectivity index (χ0n) is 25.0. The number of nitrogen functional groups attached to an aromatic ring is 1. The second kappa shape index (κ2) is 14.3. The molecule has 3 N–H and O–H groups in total. The lowest BCUT2D eigenvalue weighted by Crippen LogP contribution is -2.42. The normalized spacial score (nSPS) is 12.0. The number of carbonyl (C=O) groups excluding carboxylic acids is 2. The number of nitrogens with zero attached hydrogens (tertiary/aromatic N) is 3. The van der Waals surface area contributed by atoms with E-state index in [0.717, 1.165) is 5.69 Å². The van der Waals surface area contributed by atoms with Crippen LogP contribution in [0, 0.1) is 11.3 Å². The van der Waals surface area contributed by atoms with Crippen LogP contribution in [0.3, 0.4) is 0 Å². The minimum Gasteiger partial charge on any atom is -0.398 e. The zero-order chi connectivity index (χ0) is 30.1. The highest BCUT2D eigenvalue weighted by Gasteiger charge is 2.24. The quantitative estimate of drug-likeness (QED) is 0.194. The van der Waals surface area contributed by atoms with Crippen molar-refractivity contribution in [2.75, 3.05) is 29.1 Å². The molecule has 7 nitrogen and oxygen atoms in total. The molecule has 3 aromatic carbocycles. The van der Waals surface area contributed by atoms with E-state index in [-0.39, 0.29) is 30.8 Å². The number of likely N-dealkylation sites (N-methyl/N-ethyl adjacent to an activating group) is 1. The second-order valence-electron chi connectivity index (χ2n) is 11.0. The molecule has 1 atom stereocenters. The molecular weight excluding hydrogens is 510 g/mol. The smallest absolute Gasteiger partial charge is 0.246 e. The maximum absolute atomic E-state index is 13.6. The fourth-order valence-electron chi connectivity index (χ4n) is 4.66. The van der Waals surface area contributed by atoms with Crippen LogP contribution in [0.4, 0.5) is 17.1 Å². The Kier molecular flexibility index (Phi) is 10.9. The lowest BCUT2D eigenvalue weighted by atomic mass is 9.96. The largest absolute Gasteiger partial charge is 0.398 e. The van der Waals surface area contributed by atoms with Crippen LogP contribution < -0.4 is 15.5 Å². The lowest BCUT2D eigenvalue weighted by Gasteiger charge is -2.29. The van der Waals surface area contributed by atoms with E-state index in [4.69, 9.17) is 11.1 Å². The van der Waals surface area contributed by atoms with Gasteiger partial charge in [0.1, 0.15) is 0 Å². The molecule has 0 bridgehead atoms. The van der Waals surface area contributed by atoms with Gasteiger partial charge >= 0.3 is 0 Å². The van der Waals surface area contributed by atoms with E-state index in [9.17, 15) is 9.59 Å². The van der Waals surface area contributed by atoms with Gasteiger partial charge in [0, 0.05) is 66.2 Å². The van der Waals surface area contributed by atoms with E-state index < -0.39 is 5.92 Å². The number of hydrogen-bond donors (Lipinski definition) is 2. The summed E-state index contributed by atoms with van der Waals surface area (Å²) in [6.07, 6.45) is 3.69. The molecule has 0 saturated carbocycles. The minimum atomic E-state index is -0.468. The van der Waals surface area contributed by atoms with Gasteiger partial charge in [0.15, 0.2) is 0 Å². The SMILES string of the molecule is CC(CC(=N)c1ccccc1N)C(=O)N(/C=C\N(C)CC(=O)N(c1ccc(C(C)C)cc1)C(C)C)c1ccccc1. The zero-order valence-corrected chi connectivity index (χ0v) is 25.0. The number of hydrogen-bond acceptors (Lipinski definition) is 5. The average molecular weight is 554 g/mol. The molecule has 0 aliphatic carbocycles. The second-order valence-corrected chi connectivity index (χ2v) is 11.0. The number of anilines is 3. The Hall–Kier alpha value is -4.39. The van der Waals surface area contributed by atoms with E-state index in [2.05, 4.69) is 26.0 Å². The van der Waals surface area contributed by atoms with Crippen molar-refractivity contribution in [1.29, 1.82) is 5.41 Å². The molecule has 2 amide bonds. The van der Waals surface area contributed by atoms with Crippen LogP contribution in [0.2, 0.25) is 0 Å². The third-order valence-electron chi connectivity index (χ3n) is 6.97. The van der Waals surface area contributed by atoms with Crippen molar-refractivity contribution in [3.8, 4) is 0 Å². The molecule has 0 radical (unpaired) electrons. The van der Waals surface area contributed by atoms with E-state index in [1.807, 2.05) is 82.4 Å². The van der Waals surface area contributed by atoms with Gasteiger partial charge < -0.3 is 20.9 Å². The predicted molar refractivity (Wildman–Crippen MR) is 170 cm³/mol. The topological polar surface area (TPSA) is 93.7 Å². The maximum Gasteiger partial charge on any atom is 0.246 e. The average Bonchev–Trinajstić information content (AvgIpc) is 2.93. The van der Waals surface area contributed by atoms with Crippen LogP contribution in [0.15, 0.2) is 91.3 Å². The van der Waals surface area contributed by atoms with E-state index >= 15 is 0 Å². The Balaban J connectivity index is 1.75. The Bertz CT molecular complexity index is 1350. The van der Waals surface area contributed by atoms with Gasteiger partial charge in [0.25, 0.3) is 0 Å². The molecule has 216 valence electrons. The Morgan fingerprint density at radius 1 is 0.829 bits per heavy atom. The summed E-state index contributed by atoms with van der Waals surface area (Å²) in [5, 5.41) is 8.55. The minimum absolute atomic E-state index is 0.0120. The van der Waals surface area contributed by atoms with Crippen molar-refractivity contribution >= 4 is 34.6 Å². The summed E-state index contributed by atoms with van der Waals surface area (Å²) in [6, 6.07) is 24.7. The molecule has 3 aromatic rings. The molecule has 0 spiro atoms. The van der Waals surface area contributed by atoms with Crippen molar-refractivity contribution in [1.82, 2.24) is 4.90 Å². The number of amides is 2. The van der Waals surface area contributed by atoms with Crippen molar-refractivity contribution in [3.63, 3.8) is 0 Å². The highest BCUT2D eigenvalue weighted by Crippen LogP contribution is 2.23. The van der Waals surface area contributed by atoms with Gasteiger partial charge in [-0.3, -0.25) is 14.5 Å². The molecule has 3 rings (SSSR count). The van der Waals surface area contributed by atoms with Crippen LogP contribution in [0.1, 0.15) is 58.1 Å². The first kappa shape index (κ1) is 31.1. The summed E-state index contributed by atoms with van der Waals surface area (Å²) in [5.74, 6) is -0.238. The molecule has 7 heteroatoms. The van der Waals surface area contributed by atoms with Crippen molar-refractivity contribution < 1.29 is 9.59 Å². The standard InChI is InChI=1S/C34H43N5O2/c1-24(2)27-16-18-29(19-17-27)39(25(3)4)33(40)23-37(6)20-21-38(28-12-8-7-9-13-28)34(41)26(5)22-32(36)30-14-10-11-15-31(30)35/h7-21,24-26,36H,22-23,35H2,1-6H3/b21-20-,36-32?. The summed E-state index contributed by atoms with van der Waals surface area (Å²) in [4.78, 5) is 32.2. The Morgan fingerprint density at radius 2 is 1.44 bits per heavy atom. The number of benzene rings is 3. The van der Waals surface area contributed by atoms with Crippen LogP contribution >= 0.6 is 0 Å². The van der Waals surface area contributed by atoms with Crippen LogP contribution in [0.5, 0.6) is 0 Å². The molecule has 0 saturated heterocycles. The van der Waals surface area contributed by atoms with Gasteiger partial charge in [-0.2, -0.15) is 0 Å². The third-order valence-corrected chi connectivity index (χ3v) is 6.97. The monoisotopic (exact) mass is 553 g/mol. The van der Waals surface area contributed by atoms with Gasteiger partial charge in [-0.1, -0.05) is 69.3 Å². The van der Waals surface area contributed by atoms with E-state index in [0.29, 0.717) is 28.6 Å². The molecule has 1 unspecified atom stereocenters. The number of rotatable bonds is 12. The van der Waals surface area contributed by atoms with E-state index in [1.54, 1.807) is 39.2 Å². The first-order valence-electron chi connectivity index (χ1n) is 14.1. The van der Waals surface area contributed by atoms with Gasteiger partial charge in [0.2, 0.25) is 11.8 Å². The van der Waals surface area contributed by atoms with Crippen molar-refractivity contribution in [2.45, 2.75) is 53.0 Å². The molecular formula is C34H43N5O2. The number of nitrogens with two attached hydrogens (primary N) is 1. The molecule has 0 aliphatic rings. The molecule has 0 heterocycles. The molecule has 0 fully saturated rings. The molecule has 41 heavy (non-hydrogen) atoms. The summed E-state index contributed by atoms with van der Waals surface area (Å²) in [7, 11) is 1.82. The van der Waals surface area contributed by atoms with Gasteiger partial charge in [-0.25, -0.2) is 0 Å². The summed E-state index contributed by atoms with van der Waals surface area (Å²) in [5.41, 5.74) is 10.3. The summed E-state index contributed by atoms with van der Waals surface area (Å²) in [6.45, 7) is 10.3. The third kappa shape index (κ3) is 8.30. The highest BCUT2D eigenvalue weighted by atomic mass is 16.2. The fraction of sp³-hybridized carbons (Fsp3) is 0.324. The predicted octanol–water partition coefficient (Wildman–Crippen LogP) is 6.66. The Morgan fingerprint density at radius 3 is 2.02 bits per heavy atom. The summed E-state index contributed by atoms with van der Waals surface area (Å²) >= 11 is 0. The number of nitrogens with one attached hydrogen (secondary N) is 1. The Labute approximate surface area is 244 Å². The van der Waals surface area contributed by atoms with E-state index in [1.165, 1.54) is 5.56 Å². The van der Waals surface area contributed by atoms with Crippen LogP contribution in [-0.4, -0.2) is 42.1 Å². The first-order valence-corrected chi connectivity index (χ1v) is 14.1. The molecule has 0 aliphatic heterocycles. The number of para-hydroxylation sites is 2.